The molecule has 1 N–H and O–H groups in total. The van der Waals surface area contributed by atoms with Gasteiger partial charge in [0.25, 0.3) is 0 Å². The molecule has 0 aliphatic heterocycles. The number of benzene rings is 2. The molecule has 0 atom stereocenters. The second-order valence-electron chi connectivity index (χ2n) is 4.66. The van der Waals surface area contributed by atoms with Gasteiger partial charge in [0.15, 0.2) is 5.75 Å². The summed E-state index contributed by atoms with van der Waals surface area (Å²) in [5.74, 6) is 1.70. The topological polar surface area (TPSA) is 30.5 Å². The molecule has 0 fully saturated rings. The number of ether oxygens (including phenoxy) is 1. The van der Waals surface area contributed by atoms with Crippen molar-refractivity contribution in [1.82, 2.24) is 0 Å². The lowest BCUT2D eigenvalue weighted by Crippen LogP contribution is -2.07. The minimum Gasteiger partial charge on any atom is -0.497 e. The number of anilines is 1. The summed E-state index contributed by atoms with van der Waals surface area (Å²) in [7, 11) is 1.65. The van der Waals surface area contributed by atoms with Gasteiger partial charge in [0.05, 0.1) is 12.8 Å². The van der Waals surface area contributed by atoms with Crippen LogP contribution >= 0.6 is 0 Å². The summed E-state index contributed by atoms with van der Waals surface area (Å²) in [5.41, 5.74) is 7.34. The average molecular weight is 257 g/mol. The summed E-state index contributed by atoms with van der Waals surface area (Å²) in [6.45, 7) is 6.18. The Balaban J connectivity index is 2.10. The Morgan fingerprint density at radius 2 is 1.47 bits per heavy atom. The van der Waals surface area contributed by atoms with Gasteiger partial charge < -0.3 is 9.57 Å². The number of rotatable bonds is 4. The summed E-state index contributed by atoms with van der Waals surface area (Å²) in [5, 5.41) is 0. The third kappa shape index (κ3) is 3.19. The van der Waals surface area contributed by atoms with Gasteiger partial charge in [-0.3, -0.25) is 0 Å². The van der Waals surface area contributed by atoms with Crippen LogP contribution in [0.1, 0.15) is 16.7 Å². The molecule has 0 amide bonds. The molecule has 0 heterocycles. The molecule has 3 heteroatoms. The van der Waals surface area contributed by atoms with Crippen LogP contribution in [0.2, 0.25) is 0 Å². The van der Waals surface area contributed by atoms with Gasteiger partial charge in [-0.05, 0) is 56.2 Å². The lowest BCUT2D eigenvalue weighted by molar-refractivity contribution is 0.398. The van der Waals surface area contributed by atoms with Crippen LogP contribution in [0.25, 0.3) is 0 Å². The van der Waals surface area contributed by atoms with E-state index in [0.717, 1.165) is 28.3 Å². The van der Waals surface area contributed by atoms with Crippen LogP contribution in [-0.4, -0.2) is 7.11 Å². The van der Waals surface area contributed by atoms with Crippen molar-refractivity contribution < 1.29 is 9.57 Å². The molecule has 0 bridgehead atoms. The molecule has 3 nitrogen and oxygen atoms in total. The molecule has 19 heavy (non-hydrogen) atoms. The zero-order chi connectivity index (χ0) is 13.8. The van der Waals surface area contributed by atoms with Gasteiger partial charge in [-0.1, -0.05) is 17.7 Å². The normalized spacial score (nSPS) is 10.1. The zero-order valence-corrected chi connectivity index (χ0v) is 11.8. The Bertz CT molecular complexity index is 538. The lowest BCUT2D eigenvalue weighted by atomic mass is 10.1. The minimum absolute atomic E-state index is 0.827. The van der Waals surface area contributed by atoms with Crippen molar-refractivity contribution in [3.8, 4) is 11.5 Å². The molecule has 0 aliphatic rings. The quantitative estimate of drug-likeness (QED) is 0.839. The minimum atomic E-state index is 0.827. The largest absolute Gasteiger partial charge is 0.497 e. The highest BCUT2D eigenvalue weighted by atomic mass is 16.6. The Morgan fingerprint density at radius 3 is 2.00 bits per heavy atom. The van der Waals surface area contributed by atoms with Gasteiger partial charge >= 0.3 is 0 Å². The molecule has 0 unspecified atom stereocenters. The van der Waals surface area contributed by atoms with E-state index in [2.05, 4.69) is 24.5 Å². The molecule has 0 aliphatic carbocycles. The van der Waals surface area contributed by atoms with Crippen molar-refractivity contribution in [2.24, 2.45) is 0 Å². The highest BCUT2D eigenvalue weighted by Crippen LogP contribution is 2.25. The average Bonchev–Trinajstić information content (AvgIpc) is 2.38. The van der Waals surface area contributed by atoms with Crippen LogP contribution in [0, 0.1) is 20.8 Å². The van der Waals surface area contributed by atoms with E-state index in [9.17, 15) is 0 Å². The molecule has 0 spiro atoms. The zero-order valence-electron chi connectivity index (χ0n) is 11.8. The Labute approximate surface area is 114 Å². The molecule has 100 valence electrons. The fourth-order valence-electron chi connectivity index (χ4n) is 2.10. The fourth-order valence-corrected chi connectivity index (χ4v) is 2.10. The SMILES string of the molecule is COc1ccc(NOc2c(C)cc(C)cc2C)cc1. The van der Waals surface area contributed by atoms with Gasteiger partial charge in [0.2, 0.25) is 0 Å². The summed E-state index contributed by atoms with van der Waals surface area (Å²) in [6, 6.07) is 11.8. The number of hydrogen-bond acceptors (Lipinski definition) is 3. The monoisotopic (exact) mass is 257 g/mol. The van der Waals surface area contributed by atoms with E-state index in [4.69, 9.17) is 9.57 Å². The maximum atomic E-state index is 5.69. The second kappa shape index (κ2) is 5.65. The third-order valence-corrected chi connectivity index (χ3v) is 2.97. The molecule has 0 radical (unpaired) electrons. The molecule has 2 aromatic rings. The summed E-state index contributed by atoms with van der Waals surface area (Å²) in [6.07, 6.45) is 0. The molecule has 0 saturated heterocycles. The van der Waals surface area contributed by atoms with Gasteiger partial charge in [0.1, 0.15) is 5.75 Å². The van der Waals surface area contributed by atoms with Gasteiger partial charge in [0, 0.05) is 0 Å². The Kier molecular flexibility index (Phi) is 3.95. The Hall–Kier alpha value is -2.16. The van der Waals surface area contributed by atoms with E-state index in [-0.39, 0.29) is 0 Å². The molecular formula is C16H19NO2. The van der Waals surface area contributed by atoms with Crippen molar-refractivity contribution in [2.75, 3.05) is 12.6 Å². The second-order valence-corrected chi connectivity index (χ2v) is 4.66. The number of aryl methyl sites for hydroxylation is 3. The van der Waals surface area contributed by atoms with Crippen molar-refractivity contribution in [3.63, 3.8) is 0 Å². The van der Waals surface area contributed by atoms with Crippen LogP contribution < -0.4 is 15.1 Å². The smallest absolute Gasteiger partial charge is 0.160 e. The predicted molar refractivity (Wildman–Crippen MR) is 77.9 cm³/mol. The van der Waals surface area contributed by atoms with Crippen molar-refractivity contribution >= 4 is 5.69 Å². The van der Waals surface area contributed by atoms with Crippen LogP contribution in [0.4, 0.5) is 5.69 Å². The van der Waals surface area contributed by atoms with Crippen molar-refractivity contribution in [2.45, 2.75) is 20.8 Å². The first-order valence-corrected chi connectivity index (χ1v) is 6.25. The van der Waals surface area contributed by atoms with Crippen molar-refractivity contribution in [1.29, 1.82) is 0 Å². The summed E-state index contributed by atoms with van der Waals surface area (Å²) >= 11 is 0. The molecule has 2 rings (SSSR count). The molecule has 2 aromatic carbocycles. The van der Waals surface area contributed by atoms with E-state index < -0.39 is 0 Å². The number of nitrogens with one attached hydrogen (secondary N) is 1. The summed E-state index contributed by atoms with van der Waals surface area (Å²) < 4.78 is 5.11. The lowest BCUT2D eigenvalue weighted by Gasteiger charge is -2.14. The van der Waals surface area contributed by atoms with E-state index >= 15 is 0 Å². The van der Waals surface area contributed by atoms with Gasteiger partial charge in [-0.2, -0.15) is 0 Å². The van der Waals surface area contributed by atoms with Crippen molar-refractivity contribution in [3.05, 3.63) is 53.1 Å². The molecule has 0 saturated carbocycles. The van der Waals surface area contributed by atoms with E-state index in [0.29, 0.717) is 0 Å². The van der Waals surface area contributed by atoms with Gasteiger partial charge in [-0.15, -0.1) is 0 Å². The van der Waals surface area contributed by atoms with Gasteiger partial charge in [-0.25, -0.2) is 5.48 Å². The fraction of sp³-hybridized carbons (Fsp3) is 0.250. The highest BCUT2D eigenvalue weighted by Gasteiger charge is 2.05. The highest BCUT2D eigenvalue weighted by molar-refractivity contribution is 5.48. The Morgan fingerprint density at radius 1 is 0.895 bits per heavy atom. The number of hydrogen-bond donors (Lipinski definition) is 1. The molecular weight excluding hydrogens is 238 g/mol. The van der Waals surface area contributed by atoms with Crippen LogP contribution in [0.5, 0.6) is 11.5 Å². The maximum Gasteiger partial charge on any atom is 0.160 e. The van der Waals surface area contributed by atoms with Crippen LogP contribution in [0.3, 0.4) is 0 Å². The summed E-state index contributed by atoms with van der Waals surface area (Å²) in [4.78, 5) is 5.69. The standard InChI is InChI=1S/C16H19NO2/c1-11-9-12(2)16(13(3)10-11)19-17-14-5-7-15(18-4)8-6-14/h5-10,17H,1-4H3. The molecule has 0 aromatic heterocycles. The first-order chi connectivity index (χ1) is 9.10. The van der Waals surface area contributed by atoms with E-state index in [1.54, 1.807) is 7.11 Å². The third-order valence-electron chi connectivity index (χ3n) is 2.97. The van der Waals surface area contributed by atoms with Crippen LogP contribution in [-0.2, 0) is 0 Å². The number of methoxy groups -OCH3 is 1. The maximum absolute atomic E-state index is 5.69. The predicted octanol–water partition coefficient (Wildman–Crippen LogP) is 4.03. The van der Waals surface area contributed by atoms with Crippen LogP contribution in [0.15, 0.2) is 36.4 Å². The van der Waals surface area contributed by atoms with E-state index in [1.807, 2.05) is 38.1 Å². The van der Waals surface area contributed by atoms with E-state index in [1.165, 1.54) is 5.56 Å². The first-order valence-electron chi connectivity index (χ1n) is 6.25. The first kappa shape index (κ1) is 13.3.